The van der Waals surface area contributed by atoms with Crippen molar-refractivity contribution in [3.05, 3.63) is 59.2 Å². The largest absolute Gasteiger partial charge is 0.326 e. The first-order chi connectivity index (χ1) is 12.4. The summed E-state index contributed by atoms with van der Waals surface area (Å²) < 4.78 is 0. The molecule has 2 aromatic carbocycles. The van der Waals surface area contributed by atoms with Gasteiger partial charge in [-0.15, -0.1) is 0 Å². The van der Waals surface area contributed by atoms with Crippen molar-refractivity contribution < 1.29 is 9.59 Å². The average molecular weight is 367 g/mol. The summed E-state index contributed by atoms with van der Waals surface area (Å²) >= 11 is 1.30. The number of para-hydroxylation sites is 1. The Morgan fingerprint density at radius 3 is 2.54 bits per heavy atom. The van der Waals surface area contributed by atoms with Crippen molar-refractivity contribution in [2.45, 2.75) is 32.4 Å². The quantitative estimate of drug-likeness (QED) is 0.862. The lowest BCUT2D eigenvalue weighted by Crippen LogP contribution is -2.28. The fourth-order valence-electron chi connectivity index (χ4n) is 2.81. The first-order valence-corrected chi connectivity index (χ1v) is 9.28. The molecule has 0 bridgehead atoms. The number of carbonyl (C=O) groups is 2. The van der Waals surface area contributed by atoms with Gasteiger partial charge in [-0.05, 0) is 55.7 Å². The van der Waals surface area contributed by atoms with Crippen LogP contribution >= 0.6 is 11.8 Å². The van der Waals surface area contributed by atoms with Gasteiger partial charge in [-0.25, -0.2) is 4.99 Å². The summed E-state index contributed by atoms with van der Waals surface area (Å²) in [6.45, 7) is 5.95. The second-order valence-electron chi connectivity index (χ2n) is 6.43. The molecule has 2 amide bonds. The highest BCUT2D eigenvalue weighted by Crippen LogP contribution is 2.26. The maximum Gasteiger partial charge on any atom is 0.240 e. The molecule has 0 unspecified atom stereocenters. The van der Waals surface area contributed by atoms with Crippen LogP contribution in [0.15, 0.2) is 47.5 Å². The molecule has 2 N–H and O–H groups in total. The zero-order chi connectivity index (χ0) is 18.7. The molecule has 3 rings (SSSR count). The van der Waals surface area contributed by atoms with Crippen LogP contribution in [0.4, 0.5) is 11.4 Å². The normalized spacial score (nSPS) is 18.0. The number of thioether (sulfide) groups is 1. The van der Waals surface area contributed by atoms with Gasteiger partial charge in [0.15, 0.2) is 5.17 Å². The topological polar surface area (TPSA) is 70.6 Å². The Hall–Kier alpha value is -2.60. The van der Waals surface area contributed by atoms with E-state index in [1.165, 1.54) is 11.8 Å². The Morgan fingerprint density at radius 2 is 1.85 bits per heavy atom. The van der Waals surface area contributed by atoms with E-state index < -0.39 is 5.25 Å². The molecule has 1 atom stereocenters. The van der Waals surface area contributed by atoms with E-state index in [1.807, 2.05) is 57.2 Å². The number of amides is 2. The van der Waals surface area contributed by atoms with Gasteiger partial charge in [0, 0.05) is 12.1 Å². The molecule has 26 heavy (non-hydrogen) atoms. The third-order valence-corrected chi connectivity index (χ3v) is 5.09. The number of hydrogen-bond donors (Lipinski definition) is 2. The highest BCUT2D eigenvalue weighted by Gasteiger charge is 2.32. The number of anilines is 1. The minimum Gasteiger partial charge on any atom is -0.326 e. The molecule has 0 aliphatic carbocycles. The van der Waals surface area contributed by atoms with Crippen LogP contribution in [0.3, 0.4) is 0 Å². The standard InChI is InChI=1S/C20H21N3O2S/c1-12-8-13(2)10-15(9-12)21-20-23-19(25)17(26-20)11-18(24)22-16-7-5-4-6-14(16)3/h4-10,17H,11H2,1-3H3,(H,22,24)(H,21,23,25)/t17-/m0/s1. The lowest BCUT2D eigenvalue weighted by molar-refractivity contribution is -0.122. The zero-order valence-corrected chi connectivity index (χ0v) is 15.8. The molecule has 5 nitrogen and oxygen atoms in total. The fraction of sp³-hybridized carbons (Fsp3) is 0.250. The maximum atomic E-state index is 12.3. The Balaban J connectivity index is 1.65. The summed E-state index contributed by atoms with van der Waals surface area (Å²) in [6.07, 6.45) is 0.108. The highest BCUT2D eigenvalue weighted by atomic mass is 32.2. The second kappa shape index (κ2) is 7.74. The number of nitrogens with zero attached hydrogens (tertiary/aromatic N) is 1. The summed E-state index contributed by atoms with van der Waals surface area (Å²) in [5.74, 6) is -0.363. The van der Waals surface area contributed by atoms with Crippen molar-refractivity contribution in [2.75, 3.05) is 5.32 Å². The van der Waals surface area contributed by atoms with Crippen LogP contribution in [0.2, 0.25) is 0 Å². The minimum absolute atomic E-state index is 0.108. The van der Waals surface area contributed by atoms with Crippen LogP contribution in [-0.4, -0.2) is 22.2 Å². The average Bonchev–Trinajstić information content (AvgIpc) is 2.88. The molecule has 1 fully saturated rings. The maximum absolute atomic E-state index is 12.3. The predicted molar refractivity (Wildman–Crippen MR) is 107 cm³/mol. The van der Waals surface area contributed by atoms with E-state index in [2.05, 4.69) is 21.7 Å². The summed E-state index contributed by atoms with van der Waals surface area (Å²) in [6, 6.07) is 13.6. The molecular formula is C20H21N3O2S. The second-order valence-corrected chi connectivity index (χ2v) is 7.62. The Labute approximate surface area is 157 Å². The molecule has 6 heteroatoms. The van der Waals surface area contributed by atoms with E-state index in [9.17, 15) is 9.59 Å². The van der Waals surface area contributed by atoms with Gasteiger partial charge in [0.25, 0.3) is 0 Å². The summed E-state index contributed by atoms with van der Waals surface area (Å²) in [4.78, 5) is 28.9. The minimum atomic E-state index is -0.469. The molecule has 1 heterocycles. The Bertz CT molecular complexity index is 872. The highest BCUT2D eigenvalue weighted by molar-refractivity contribution is 8.15. The first kappa shape index (κ1) is 18.2. The van der Waals surface area contributed by atoms with E-state index in [0.717, 1.165) is 28.1 Å². The van der Waals surface area contributed by atoms with Crippen molar-refractivity contribution >= 4 is 40.1 Å². The first-order valence-electron chi connectivity index (χ1n) is 8.41. The van der Waals surface area contributed by atoms with Gasteiger partial charge in [0.05, 0.1) is 5.69 Å². The summed E-state index contributed by atoms with van der Waals surface area (Å²) in [7, 11) is 0. The monoisotopic (exact) mass is 367 g/mol. The van der Waals surface area contributed by atoms with Crippen LogP contribution in [0.5, 0.6) is 0 Å². The molecule has 0 radical (unpaired) electrons. The van der Waals surface area contributed by atoms with Crippen LogP contribution in [-0.2, 0) is 9.59 Å². The number of aliphatic imine (C=N–C) groups is 1. The van der Waals surface area contributed by atoms with Gasteiger partial charge in [0.2, 0.25) is 11.8 Å². The lowest BCUT2D eigenvalue weighted by Gasteiger charge is -2.09. The Kier molecular flexibility index (Phi) is 5.42. The smallest absolute Gasteiger partial charge is 0.240 e. The van der Waals surface area contributed by atoms with Gasteiger partial charge in [-0.2, -0.15) is 0 Å². The van der Waals surface area contributed by atoms with Gasteiger partial charge < -0.3 is 10.6 Å². The number of amidine groups is 1. The van der Waals surface area contributed by atoms with Crippen LogP contribution in [0, 0.1) is 20.8 Å². The van der Waals surface area contributed by atoms with E-state index in [1.54, 1.807) is 0 Å². The van der Waals surface area contributed by atoms with Gasteiger partial charge >= 0.3 is 0 Å². The third-order valence-electron chi connectivity index (χ3n) is 4.00. The SMILES string of the molecule is Cc1cc(C)cc(N=C2NC(=O)[C@H](CC(=O)Nc3ccccc3C)S2)c1. The van der Waals surface area contributed by atoms with E-state index in [4.69, 9.17) is 0 Å². The predicted octanol–water partition coefficient (Wildman–Crippen LogP) is 3.86. The van der Waals surface area contributed by atoms with Crippen LogP contribution in [0.25, 0.3) is 0 Å². The molecule has 1 aliphatic heterocycles. The van der Waals surface area contributed by atoms with Crippen molar-refractivity contribution in [3.63, 3.8) is 0 Å². The van der Waals surface area contributed by atoms with E-state index in [-0.39, 0.29) is 18.2 Å². The van der Waals surface area contributed by atoms with Crippen molar-refractivity contribution in [1.82, 2.24) is 5.32 Å². The molecule has 2 aromatic rings. The molecular weight excluding hydrogens is 346 g/mol. The number of benzene rings is 2. The number of nitrogens with one attached hydrogen (secondary N) is 2. The molecule has 1 saturated heterocycles. The molecule has 1 aliphatic rings. The van der Waals surface area contributed by atoms with E-state index in [0.29, 0.717) is 5.17 Å². The van der Waals surface area contributed by atoms with Crippen molar-refractivity contribution in [3.8, 4) is 0 Å². The number of aryl methyl sites for hydroxylation is 3. The third kappa shape index (κ3) is 4.52. The molecule has 0 saturated carbocycles. The zero-order valence-electron chi connectivity index (χ0n) is 15.0. The molecule has 0 aromatic heterocycles. The van der Waals surface area contributed by atoms with Crippen molar-refractivity contribution in [2.24, 2.45) is 4.99 Å². The molecule has 0 spiro atoms. The van der Waals surface area contributed by atoms with Crippen molar-refractivity contribution in [1.29, 1.82) is 0 Å². The molecule has 134 valence electrons. The lowest BCUT2D eigenvalue weighted by atomic mass is 10.1. The number of hydrogen-bond acceptors (Lipinski definition) is 4. The Morgan fingerprint density at radius 1 is 1.15 bits per heavy atom. The van der Waals surface area contributed by atoms with Crippen LogP contribution in [0.1, 0.15) is 23.1 Å². The summed E-state index contributed by atoms with van der Waals surface area (Å²) in [5, 5.41) is 5.70. The van der Waals surface area contributed by atoms with Gasteiger partial charge in [-0.3, -0.25) is 9.59 Å². The van der Waals surface area contributed by atoms with E-state index >= 15 is 0 Å². The van der Waals surface area contributed by atoms with Crippen LogP contribution < -0.4 is 10.6 Å². The number of rotatable bonds is 4. The van der Waals surface area contributed by atoms with Gasteiger partial charge in [0.1, 0.15) is 5.25 Å². The van der Waals surface area contributed by atoms with Gasteiger partial charge in [-0.1, -0.05) is 36.0 Å². The number of carbonyl (C=O) groups excluding carboxylic acids is 2. The fourth-order valence-corrected chi connectivity index (χ4v) is 3.80. The summed E-state index contributed by atoms with van der Waals surface area (Å²) in [5.41, 5.74) is 4.79.